The van der Waals surface area contributed by atoms with Crippen LogP contribution in [0.4, 0.5) is 0 Å². The van der Waals surface area contributed by atoms with Gasteiger partial charge in [0, 0.05) is 25.3 Å². The molecule has 1 aromatic rings. The molecule has 1 aliphatic rings. The van der Waals surface area contributed by atoms with Crippen molar-refractivity contribution < 1.29 is 0 Å². The number of likely N-dealkylation sites (N-methyl/N-ethyl adjacent to an activating group) is 2. The fourth-order valence-electron chi connectivity index (χ4n) is 2.58. The molecule has 0 saturated carbocycles. The average molecular weight is 244 g/mol. The molecule has 1 fully saturated rings. The SMILES string of the molecule is CN(Cc1ccnc(C#N)c1)CC1CCCN1C. The van der Waals surface area contributed by atoms with Crippen LogP contribution >= 0.6 is 0 Å². The third-order valence-electron chi connectivity index (χ3n) is 3.59. The number of hydrogen-bond acceptors (Lipinski definition) is 4. The minimum Gasteiger partial charge on any atom is -0.302 e. The van der Waals surface area contributed by atoms with Gasteiger partial charge >= 0.3 is 0 Å². The number of nitriles is 1. The Bertz CT molecular complexity index is 438. The van der Waals surface area contributed by atoms with Crippen LogP contribution in [0.1, 0.15) is 24.1 Å². The van der Waals surface area contributed by atoms with Crippen molar-refractivity contribution in [3.05, 3.63) is 29.6 Å². The van der Waals surface area contributed by atoms with Crippen molar-refractivity contribution in [1.82, 2.24) is 14.8 Å². The van der Waals surface area contributed by atoms with E-state index in [0.29, 0.717) is 11.7 Å². The van der Waals surface area contributed by atoms with Gasteiger partial charge in [0.05, 0.1) is 0 Å². The monoisotopic (exact) mass is 244 g/mol. The largest absolute Gasteiger partial charge is 0.302 e. The number of pyridine rings is 1. The number of rotatable bonds is 4. The van der Waals surface area contributed by atoms with Crippen LogP contribution in [-0.4, -0.2) is 48.0 Å². The topological polar surface area (TPSA) is 43.2 Å². The zero-order valence-electron chi connectivity index (χ0n) is 11.1. The molecule has 96 valence electrons. The molecular formula is C14H20N4. The fourth-order valence-corrected chi connectivity index (χ4v) is 2.58. The number of aromatic nitrogens is 1. The molecule has 2 rings (SSSR count). The minimum absolute atomic E-state index is 0.499. The number of likely N-dealkylation sites (tertiary alicyclic amines) is 1. The first-order valence-corrected chi connectivity index (χ1v) is 6.43. The van der Waals surface area contributed by atoms with Crippen LogP contribution in [0.3, 0.4) is 0 Å². The molecule has 1 saturated heterocycles. The predicted molar refractivity (Wildman–Crippen MR) is 70.9 cm³/mol. The van der Waals surface area contributed by atoms with Crippen molar-refractivity contribution in [2.45, 2.75) is 25.4 Å². The summed E-state index contributed by atoms with van der Waals surface area (Å²) in [5, 5.41) is 8.83. The molecule has 2 heterocycles. The van der Waals surface area contributed by atoms with E-state index in [2.05, 4.69) is 34.9 Å². The molecule has 1 atom stereocenters. The maximum Gasteiger partial charge on any atom is 0.140 e. The molecule has 1 aromatic heterocycles. The lowest BCUT2D eigenvalue weighted by atomic mass is 10.2. The first-order valence-electron chi connectivity index (χ1n) is 6.43. The number of hydrogen-bond donors (Lipinski definition) is 0. The van der Waals surface area contributed by atoms with Gasteiger partial charge in [-0.3, -0.25) is 0 Å². The summed E-state index contributed by atoms with van der Waals surface area (Å²) in [5.41, 5.74) is 1.66. The van der Waals surface area contributed by atoms with E-state index in [1.54, 1.807) is 6.20 Å². The lowest BCUT2D eigenvalue weighted by Gasteiger charge is -2.25. The zero-order chi connectivity index (χ0) is 13.0. The van der Waals surface area contributed by atoms with E-state index >= 15 is 0 Å². The van der Waals surface area contributed by atoms with Gasteiger partial charge in [-0.15, -0.1) is 0 Å². The Labute approximate surface area is 109 Å². The van der Waals surface area contributed by atoms with Crippen molar-refractivity contribution in [2.75, 3.05) is 27.2 Å². The normalized spacial score (nSPS) is 20.2. The second-order valence-corrected chi connectivity index (χ2v) is 5.13. The molecule has 0 amide bonds. The van der Waals surface area contributed by atoms with Crippen molar-refractivity contribution in [3.8, 4) is 6.07 Å². The van der Waals surface area contributed by atoms with Crippen LogP contribution in [-0.2, 0) is 6.54 Å². The lowest BCUT2D eigenvalue weighted by molar-refractivity contribution is 0.215. The summed E-state index contributed by atoms with van der Waals surface area (Å²) in [6.45, 7) is 3.18. The predicted octanol–water partition coefficient (Wildman–Crippen LogP) is 1.48. The Hall–Kier alpha value is -1.44. The molecule has 0 bridgehead atoms. The number of nitrogens with zero attached hydrogens (tertiary/aromatic N) is 4. The van der Waals surface area contributed by atoms with Gasteiger partial charge in [0.1, 0.15) is 11.8 Å². The van der Waals surface area contributed by atoms with Crippen molar-refractivity contribution in [1.29, 1.82) is 5.26 Å². The molecule has 0 aromatic carbocycles. The molecule has 4 nitrogen and oxygen atoms in total. The quantitative estimate of drug-likeness (QED) is 0.804. The van der Waals surface area contributed by atoms with Gasteiger partial charge in [-0.25, -0.2) is 4.98 Å². The first kappa shape index (κ1) is 13.0. The molecule has 0 N–H and O–H groups in total. The minimum atomic E-state index is 0.499. The van der Waals surface area contributed by atoms with Crippen LogP contribution < -0.4 is 0 Å². The summed E-state index contributed by atoms with van der Waals surface area (Å²) < 4.78 is 0. The Morgan fingerprint density at radius 1 is 1.61 bits per heavy atom. The van der Waals surface area contributed by atoms with Crippen LogP contribution in [0.15, 0.2) is 18.3 Å². The summed E-state index contributed by atoms with van der Waals surface area (Å²) in [6.07, 6.45) is 4.31. The standard InChI is InChI=1S/C14H20N4/c1-17(11-14-4-3-7-18(14)2)10-12-5-6-16-13(8-12)9-15/h5-6,8,14H,3-4,7,10-11H2,1-2H3. The van der Waals surface area contributed by atoms with Crippen LogP contribution in [0.25, 0.3) is 0 Å². The van der Waals surface area contributed by atoms with Gasteiger partial charge < -0.3 is 9.80 Å². The van der Waals surface area contributed by atoms with Crippen LogP contribution in [0, 0.1) is 11.3 Å². The third-order valence-corrected chi connectivity index (χ3v) is 3.59. The van der Waals surface area contributed by atoms with Gasteiger partial charge in [-0.05, 0) is 51.2 Å². The van der Waals surface area contributed by atoms with Crippen molar-refractivity contribution in [3.63, 3.8) is 0 Å². The first-order chi connectivity index (χ1) is 8.69. The molecule has 1 aliphatic heterocycles. The summed E-state index contributed by atoms with van der Waals surface area (Å²) >= 11 is 0. The highest BCUT2D eigenvalue weighted by Crippen LogP contribution is 2.16. The van der Waals surface area contributed by atoms with Gasteiger partial charge in [-0.1, -0.05) is 0 Å². The van der Waals surface area contributed by atoms with Gasteiger partial charge in [0.2, 0.25) is 0 Å². The Morgan fingerprint density at radius 2 is 2.44 bits per heavy atom. The van der Waals surface area contributed by atoms with Crippen LogP contribution in [0.2, 0.25) is 0 Å². The van der Waals surface area contributed by atoms with E-state index in [9.17, 15) is 0 Å². The van der Waals surface area contributed by atoms with Gasteiger partial charge in [0.25, 0.3) is 0 Å². The molecular weight excluding hydrogens is 224 g/mol. The van der Waals surface area contributed by atoms with Crippen LogP contribution in [0.5, 0.6) is 0 Å². The average Bonchev–Trinajstić information content (AvgIpc) is 2.75. The second-order valence-electron chi connectivity index (χ2n) is 5.13. The summed E-state index contributed by atoms with van der Waals surface area (Å²) in [7, 11) is 4.34. The highest BCUT2D eigenvalue weighted by molar-refractivity contribution is 5.25. The molecule has 18 heavy (non-hydrogen) atoms. The summed E-state index contributed by atoms with van der Waals surface area (Å²) in [4.78, 5) is 8.75. The van der Waals surface area contributed by atoms with E-state index in [0.717, 1.165) is 18.7 Å². The molecule has 0 spiro atoms. The summed E-state index contributed by atoms with van der Waals surface area (Å²) in [5.74, 6) is 0. The molecule has 1 unspecified atom stereocenters. The van der Waals surface area contributed by atoms with E-state index in [1.165, 1.54) is 19.4 Å². The Morgan fingerprint density at radius 3 is 3.11 bits per heavy atom. The van der Waals surface area contributed by atoms with Crippen molar-refractivity contribution >= 4 is 0 Å². The van der Waals surface area contributed by atoms with E-state index in [1.807, 2.05) is 12.1 Å². The molecule has 4 heteroatoms. The highest BCUT2D eigenvalue weighted by atomic mass is 15.2. The Balaban J connectivity index is 1.90. The third kappa shape index (κ3) is 3.28. The smallest absolute Gasteiger partial charge is 0.140 e. The zero-order valence-corrected chi connectivity index (χ0v) is 11.1. The molecule has 0 aliphatic carbocycles. The summed E-state index contributed by atoms with van der Waals surface area (Å²) in [6, 6.07) is 6.61. The van der Waals surface area contributed by atoms with E-state index in [-0.39, 0.29) is 0 Å². The maximum absolute atomic E-state index is 8.83. The fraction of sp³-hybridized carbons (Fsp3) is 0.571. The van der Waals surface area contributed by atoms with Gasteiger partial charge in [-0.2, -0.15) is 5.26 Å². The lowest BCUT2D eigenvalue weighted by Crippen LogP contribution is -2.36. The molecule has 0 radical (unpaired) electrons. The second kappa shape index (κ2) is 5.94. The van der Waals surface area contributed by atoms with E-state index < -0.39 is 0 Å². The van der Waals surface area contributed by atoms with Crippen molar-refractivity contribution in [2.24, 2.45) is 0 Å². The maximum atomic E-state index is 8.83. The highest BCUT2D eigenvalue weighted by Gasteiger charge is 2.21. The van der Waals surface area contributed by atoms with Gasteiger partial charge in [0.15, 0.2) is 0 Å². The Kier molecular flexibility index (Phi) is 4.29. The van der Waals surface area contributed by atoms with E-state index in [4.69, 9.17) is 5.26 Å².